The van der Waals surface area contributed by atoms with Gasteiger partial charge in [-0.3, -0.25) is 4.79 Å². The molecule has 4 heteroatoms. The molecular weight excluding hydrogens is 206 g/mol. The van der Waals surface area contributed by atoms with Crippen molar-refractivity contribution < 1.29 is 14.7 Å². The zero-order valence-corrected chi connectivity index (χ0v) is 10.6. The molecule has 0 saturated heterocycles. The number of carbonyl (C=O) groups excluding carboxylic acids is 1. The van der Waals surface area contributed by atoms with E-state index in [2.05, 4.69) is 5.32 Å². The average Bonchev–Trinajstić information content (AvgIpc) is 2.24. The highest BCUT2D eigenvalue weighted by atomic mass is 16.4. The number of carboxylic acid groups (broad SMARTS) is 1. The standard InChI is InChI=1S/C12H23NO3/c1-5-8(3)7-10(14)13-11(12(15)16)9(4)6-2/h8-9,11H,5-7H2,1-4H3,(H,13,14)(H,15,16). The molecule has 0 aliphatic heterocycles. The van der Waals surface area contributed by atoms with Gasteiger partial charge in [0.15, 0.2) is 0 Å². The summed E-state index contributed by atoms with van der Waals surface area (Å²) in [5.41, 5.74) is 0. The summed E-state index contributed by atoms with van der Waals surface area (Å²) in [5.74, 6) is -0.862. The van der Waals surface area contributed by atoms with Crippen LogP contribution >= 0.6 is 0 Å². The van der Waals surface area contributed by atoms with E-state index in [-0.39, 0.29) is 11.8 Å². The van der Waals surface area contributed by atoms with Crippen molar-refractivity contribution in [2.45, 2.75) is 53.0 Å². The molecule has 3 atom stereocenters. The third-order valence-corrected chi connectivity index (χ3v) is 3.03. The molecule has 0 bridgehead atoms. The average molecular weight is 229 g/mol. The predicted octanol–water partition coefficient (Wildman–Crippen LogP) is 2.04. The second-order valence-electron chi connectivity index (χ2n) is 4.49. The predicted molar refractivity (Wildman–Crippen MR) is 63.1 cm³/mol. The van der Waals surface area contributed by atoms with Crippen molar-refractivity contribution in [1.29, 1.82) is 0 Å². The number of hydrogen-bond donors (Lipinski definition) is 2. The Hall–Kier alpha value is -1.06. The van der Waals surface area contributed by atoms with Gasteiger partial charge in [0.05, 0.1) is 0 Å². The first-order chi connectivity index (χ1) is 7.42. The fourth-order valence-electron chi connectivity index (χ4n) is 1.38. The summed E-state index contributed by atoms with van der Waals surface area (Å²) in [6, 6.07) is -0.762. The highest BCUT2D eigenvalue weighted by Crippen LogP contribution is 2.10. The Bertz CT molecular complexity index is 240. The maximum absolute atomic E-state index is 11.6. The second-order valence-corrected chi connectivity index (χ2v) is 4.49. The number of hydrogen-bond acceptors (Lipinski definition) is 2. The molecule has 0 rings (SSSR count). The van der Waals surface area contributed by atoms with E-state index in [1.165, 1.54) is 0 Å². The van der Waals surface area contributed by atoms with E-state index in [0.29, 0.717) is 12.3 Å². The molecule has 94 valence electrons. The Balaban J connectivity index is 4.30. The molecule has 0 aromatic heterocycles. The summed E-state index contributed by atoms with van der Waals surface area (Å²) in [5, 5.41) is 11.6. The molecule has 0 aliphatic carbocycles. The first kappa shape index (κ1) is 14.9. The summed E-state index contributed by atoms with van der Waals surface area (Å²) in [6.07, 6.45) is 2.06. The van der Waals surface area contributed by atoms with E-state index < -0.39 is 12.0 Å². The molecular formula is C12H23NO3. The molecule has 0 aromatic carbocycles. The van der Waals surface area contributed by atoms with E-state index >= 15 is 0 Å². The van der Waals surface area contributed by atoms with Crippen LogP contribution in [0.25, 0.3) is 0 Å². The molecule has 4 nitrogen and oxygen atoms in total. The van der Waals surface area contributed by atoms with Gasteiger partial charge in [0.25, 0.3) is 0 Å². The van der Waals surface area contributed by atoms with Crippen molar-refractivity contribution in [3.63, 3.8) is 0 Å². The smallest absolute Gasteiger partial charge is 0.326 e. The molecule has 1 amide bonds. The van der Waals surface area contributed by atoms with Crippen molar-refractivity contribution in [2.24, 2.45) is 11.8 Å². The number of carboxylic acids is 1. The molecule has 2 N–H and O–H groups in total. The lowest BCUT2D eigenvalue weighted by Gasteiger charge is -2.20. The highest BCUT2D eigenvalue weighted by Gasteiger charge is 2.25. The van der Waals surface area contributed by atoms with Crippen LogP contribution in [-0.4, -0.2) is 23.0 Å². The highest BCUT2D eigenvalue weighted by molar-refractivity contribution is 5.83. The van der Waals surface area contributed by atoms with Crippen LogP contribution in [0, 0.1) is 11.8 Å². The van der Waals surface area contributed by atoms with Gasteiger partial charge in [0.1, 0.15) is 6.04 Å². The van der Waals surface area contributed by atoms with Crippen LogP contribution in [0.3, 0.4) is 0 Å². The van der Waals surface area contributed by atoms with E-state index in [1.54, 1.807) is 0 Å². The molecule has 0 radical (unpaired) electrons. The van der Waals surface area contributed by atoms with Crippen LogP contribution in [0.15, 0.2) is 0 Å². The minimum absolute atomic E-state index is 0.0432. The quantitative estimate of drug-likeness (QED) is 0.702. The molecule has 16 heavy (non-hydrogen) atoms. The van der Waals surface area contributed by atoms with Gasteiger partial charge in [-0.15, -0.1) is 0 Å². The van der Waals surface area contributed by atoms with Crippen molar-refractivity contribution in [1.82, 2.24) is 5.32 Å². The van der Waals surface area contributed by atoms with Crippen LogP contribution in [0.5, 0.6) is 0 Å². The van der Waals surface area contributed by atoms with E-state index in [0.717, 1.165) is 12.8 Å². The van der Waals surface area contributed by atoms with Crippen LogP contribution in [0.1, 0.15) is 47.0 Å². The molecule has 0 fully saturated rings. The van der Waals surface area contributed by atoms with E-state index in [1.807, 2.05) is 27.7 Å². The Morgan fingerprint density at radius 2 is 1.75 bits per heavy atom. The molecule has 3 unspecified atom stereocenters. The van der Waals surface area contributed by atoms with Gasteiger partial charge in [-0.25, -0.2) is 4.79 Å². The zero-order chi connectivity index (χ0) is 12.7. The SMILES string of the molecule is CCC(C)CC(=O)NC(C(=O)O)C(C)CC. The summed E-state index contributed by atoms with van der Waals surface area (Å²) in [7, 11) is 0. The van der Waals surface area contributed by atoms with E-state index in [4.69, 9.17) is 5.11 Å². The molecule has 0 spiro atoms. The van der Waals surface area contributed by atoms with Gasteiger partial charge in [0.2, 0.25) is 5.91 Å². The number of nitrogens with one attached hydrogen (secondary N) is 1. The Morgan fingerprint density at radius 3 is 2.12 bits per heavy atom. The first-order valence-corrected chi connectivity index (χ1v) is 5.94. The fraction of sp³-hybridized carbons (Fsp3) is 0.833. The summed E-state index contributed by atoms with van der Waals surface area (Å²) < 4.78 is 0. The van der Waals surface area contributed by atoms with Gasteiger partial charge in [0, 0.05) is 6.42 Å². The number of rotatable bonds is 7. The summed E-state index contributed by atoms with van der Waals surface area (Å²) in [6.45, 7) is 7.75. The molecule has 0 aliphatic rings. The third kappa shape index (κ3) is 5.14. The lowest BCUT2D eigenvalue weighted by Crippen LogP contribution is -2.45. The minimum Gasteiger partial charge on any atom is -0.480 e. The number of amides is 1. The van der Waals surface area contributed by atoms with Crippen LogP contribution < -0.4 is 5.32 Å². The summed E-state index contributed by atoms with van der Waals surface area (Å²) in [4.78, 5) is 22.5. The van der Waals surface area contributed by atoms with Crippen LogP contribution in [-0.2, 0) is 9.59 Å². The van der Waals surface area contributed by atoms with Gasteiger partial charge in [-0.1, -0.05) is 40.5 Å². The number of carbonyl (C=O) groups is 2. The second kappa shape index (κ2) is 7.25. The lowest BCUT2D eigenvalue weighted by molar-refractivity contribution is -0.143. The zero-order valence-electron chi connectivity index (χ0n) is 10.6. The Kier molecular flexibility index (Phi) is 6.77. The van der Waals surface area contributed by atoms with Crippen LogP contribution in [0.2, 0.25) is 0 Å². The van der Waals surface area contributed by atoms with Gasteiger partial charge in [-0.2, -0.15) is 0 Å². The van der Waals surface area contributed by atoms with Crippen molar-refractivity contribution >= 4 is 11.9 Å². The minimum atomic E-state index is -0.952. The number of aliphatic carboxylic acids is 1. The van der Waals surface area contributed by atoms with Gasteiger partial charge >= 0.3 is 5.97 Å². The Morgan fingerprint density at radius 1 is 1.19 bits per heavy atom. The van der Waals surface area contributed by atoms with Gasteiger partial charge in [-0.05, 0) is 11.8 Å². The Labute approximate surface area is 97.4 Å². The van der Waals surface area contributed by atoms with Gasteiger partial charge < -0.3 is 10.4 Å². The van der Waals surface area contributed by atoms with Crippen molar-refractivity contribution in [3.05, 3.63) is 0 Å². The monoisotopic (exact) mass is 229 g/mol. The molecule has 0 aromatic rings. The molecule has 0 heterocycles. The van der Waals surface area contributed by atoms with Crippen LogP contribution in [0.4, 0.5) is 0 Å². The van der Waals surface area contributed by atoms with Crippen molar-refractivity contribution in [3.8, 4) is 0 Å². The first-order valence-electron chi connectivity index (χ1n) is 5.94. The third-order valence-electron chi connectivity index (χ3n) is 3.03. The molecule has 0 saturated carbocycles. The lowest BCUT2D eigenvalue weighted by atomic mass is 9.98. The normalized spacial score (nSPS) is 16.2. The fourth-order valence-corrected chi connectivity index (χ4v) is 1.38. The maximum Gasteiger partial charge on any atom is 0.326 e. The summed E-state index contributed by atoms with van der Waals surface area (Å²) >= 11 is 0. The largest absolute Gasteiger partial charge is 0.480 e. The maximum atomic E-state index is 11.6. The van der Waals surface area contributed by atoms with E-state index in [9.17, 15) is 9.59 Å². The van der Waals surface area contributed by atoms with Crippen molar-refractivity contribution in [2.75, 3.05) is 0 Å². The topological polar surface area (TPSA) is 66.4 Å².